The summed E-state index contributed by atoms with van der Waals surface area (Å²) in [6.07, 6.45) is 0.645. The van der Waals surface area contributed by atoms with Gasteiger partial charge in [0.1, 0.15) is 0 Å². The first-order chi connectivity index (χ1) is 11.5. The van der Waals surface area contributed by atoms with Crippen LogP contribution in [0.1, 0.15) is 44.1 Å². The monoisotopic (exact) mass is 343 g/mol. The van der Waals surface area contributed by atoms with Crippen LogP contribution in [0.3, 0.4) is 0 Å². The van der Waals surface area contributed by atoms with Crippen LogP contribution in [-0.4, -0.2) is 34.2 Å². The lowest BCUT2D eigenvalue weighted by atomic mass is 10.1. The summed E-state index contributed by atoms with van der Waals surface area (Å²) in [4.78, 5) is 42.9. The zero-order valence-corrected chi connectivity index (χ0v) is 14.3. The summed E-state index contributed by atoms with van der Waals surface area (Å²) < 4.78 is 0. The fraction of sp³-hybridized carbons (Fsp3) is 0.294. The Hall–Kier alpha value is -2.54. The van der Waals surface area contributed by atoms with Crippen molar-refractivity contribution in [3.63, 3.8) is 0 Å². The van der Waals surface area contributed by atoms with Crippen LogP contribution < -0.4 is 5.32 Å². The van der Waals surface area contributed by atoms with Gasteiger partial charge in [-0.2, -0.15) is 0 Å². The van der Waals surface area contributed by atoms with Crippen molar-refractivity contribution >= 4 is 34.2 Å². The topological polar surface area (TPSA) is 79.4 Å². The Morgan fingerprint density at radius 2 is 1.79 bits per heavy atom. The fourth-order valence-electron chi connectivity index (χ4n) is 2.55. The molecule has 1 aliphatic heterocycles. The average molecular weight is 343 g/mol. The third-order valence-electron chi connectivity index (χ3n) is 3.94. The molecule has 1 aromatic carbocycles. The molecule has 0 saturated heterocycles. The molecule has 0 radical (unpaired) electrons. The number of thiazole rings is 1. The molecular formula is C17H17N3O3S. The molecule has 1 N–H and O–H groups in total. The number of hydrogen-bond donors (Lipinski definition) is 1. The standard InChI is InChI=1S/C17H17N3O3S/c1-10-11(2)24-17(18-10)19-14(21)8-5-9-20-15(22)12-6-3-4-7-13(12)16(20)23/h3-4,6-7H,5,8-9H2,1-2H3,(H,18,19,21). The van der Waals surface area contributed by atoms with Crippen molar-refractivity contribution in [2.45, 2.75) is 26.7 Å². The van der Waals surface area contributed by atoms with Gasteiger partial charge in [-0.3, -0.25) is 19.3 Å². The highest BCUT2D eigenvalue weighted by Gasteiger charge is 2.34. The van der Waals surface area contributed by atoms with E-state index in [2.05, 4.69) is 10.3 Å². The van der Waals surface area contributed by atoms with Gasteiger partial charge < -0.3 is 5.32 Å². The lowest BCUT2D eigenvalue weighted by molar-refractivity contribution is -0.116. The number of amides is 3. The molecular weight excluding hydrogens is 326 g/mol. The second kappa shape index (κ2) is 6.52. The Morgan fingerprint density at radius 3 is 2.33 bits per heavy atom. The first kappa shape index (κ1) is 16.3. The van der Waals surface area contributed by atoms with E-state index < -0.39 is 0 Å². The van der Waals surface area contributed by atoms with Crippen LogP contribution in [-0.2, 0) is 4.79 Å². The van der Waals surface area contributed by atoms with Gasteiger partial charge in [-0.1, -0.05) is 12.1 Å². The molecule has 3 amide bonds. The van der Waals surface area contributed by atoms with E-state index in [4.69, 9.17) is 0 Å². The summed E-state index contributed by atoms with van der Waals surface area (Å²) in [7, 11) is 0. The minimum Gasteiger partial charge on any atom is -0.302 e. The zero-order valence-electron chi connectivity index (χ0n) is 13.5. The van der Waals surface area contributed by atoms with Crippen molar-refractivity contribution in [1.82, 2.24) is 9.88 Å². The number of aromatic nitrogens is 1. The van der Waals surface area contributed by atoms with Gasteiger partial charge >= 0.3 is 0 Å². The molecule has 124 valence electrons. The number of benzene rings is 1. The van der Waals surface area contributed by atoms with E-state index in [0.717, 1.165) is 10.6 Å². The second-order valence-corrected chi connectivity index (χ2v) is 6.82. The van der Waals surface area contributed by atoms with E-state index in [9.17, 15) is 14.4 Å². The van der Waals surface area contributed by atoms with E-state index in [-0.39, 0.29) is 30.7 Å². The summed E-state index contributed by atoms with van der Waals surface area (Å²) in [5, 5.41) is 3.33. The molecule has 3 rings (SSSR count). The Morgan fingerprint density at radius 1 is 1.17 bits per heavy atom. The number of nitrogens with one attached hydrogen (secondary N) is 1. The van der Waals surface area contributed by atoms with Crippen LogP contribution >= 0.6 is 11.3 Å². The van der Waals surface area contributed by atoms with Crippen LogP contribution in [0.5, 0.6) is 0 Å². The van der Waals surface area contributed by atoms with Crippen LogP contribution in [0, 0.1) is 13.8 Å². The minimum absolute atomic E-state index is 0.166. The van der Waals surface area contributed by atoms with Crippen molar-refractivity contribution in [2.75, 3.05) is 11.9 Å². The number of rotatable bonds is 5. The quantitative estimate of drug-likeness (QED) is 0.847. The number of nitrogens with zero attached hydrogens (tertiary/aromatic N) is 2. The maximum absolute atomic E-state index is 12.2. The van der Waals surface area contributed by atoms with E-state index in [0.29, 0.717) is 22.7 Å². The highest BCUT2D eigenvalue weighted by Crippen LogP contribution is 2.23. The number of imide groups is 1. The molecule has 24 heavy (non-hydrogen) atoms. The fourth-order valence-corrected chi connectivity index (χ4v) is 3.38. The summed E-state index contributed by atoms with van der Waals surface area (Å²) in [6.45, 7) is 4.07. The molecule has 1 aromatic heterocycles. The van der Waals surface area contributed by atoms with E-state index >= 15 is 0 Å². The van der Waals surface area contributed by atoms with Crippen molar-refractivity contribution in [1.29, 1.82) is 0 Å². The number of hydrogen-bond acceptors (Lipinski definition) is 5. The predicted octanol–water partition coefficient (Wildman–Crippen LogP) is 2.77. The zero-order chi connectivity index (χ0) is 17.3. The molecule has 7 heteroatoms. The molecule has 0 fully saturated rings. The molecule has 0 unspecified atom stereocenters. The van der Waals surface area contributed by atoms with Crippen LogP contribution in [0.2, 0.25) is 0 Å². The van der Waals surface area contributed by atoms with Gasteiger partial charge in [0.2, 0.25) is 5.91 Å². The predicted molar refractivity (Wildman–Crippen MR) is 91.3 cm³/mol. The molecule has 6 nitrogen and oxygen atoms in total. The summed E-state index contributed by atoms with van der Waals surface area (Å²) in [6, 6.07) is 6.77. The lowest BCUT2D eigenvalue weighted by Crippen LogP contribution is -2.31. The first-order valence-electron chi connectivity index (χ1n) is 7.66. The van der Waals surface area contributed by atoms with Gasteiger partial charge in [-0.15, -0.1) is 11.3 Å². The molecule has 2 heterocycles. The number of carbonyl (C=O) groups is 3. The molecule has 2 aromatic rings. The van der Waals surface area contributed by atoms with Gasteiger partial charge in [0.05, 0.1) is 16.8 Å². The highest BCUT2D eigenvalue weighted by molar-refractivity contribution is 7.15. The van der Waals surface area contributed by atoms with Crippen LogP contribution in [0.15, 0.2) is 24.3 Å². The molecule has 0 bridgehead atoms. The van der Waals surface area contributed by atoms with Gasteiger partial charge in [0.25, 0.3) is 11.8 Å². The molecule has 0 atom stereocenters. The van der Waals surface area contributed by atoms with Crippen molar-refractivity contribution < 1.29 is 14.4 Å². The average Bonchev–Trinajstić information content (AvgIpc) is 2.99. The van der Waals surface area contributed by atoms with E-state index in [1.165, 1.54) is 16.2 Å². The Balaban J connectivity index is 1.53. The van der Waals surface area contributed by atoms with Crippen molar-refractivity contribution in [2.24, 2.45) is 0 Å². The first-order valence-corrected chi connectivity index (χ1v) is 8.48. The summed E-state index contributed by atoms with van der Waals surface area (Å²) >= 11 is 1.43. The maximum atomic E-state index is 12.2. The number of anilines is 1. The third kappa shape index (κ3) is 3.07. The Kier molecular flexibility index (Phi) is 4.44. The number of aryl methyl sites for hydroxylation is 2. The third-order valence-corrected chi connectivity index (χ3v) is 4.93. The van der Waals surface area contributed by atoms with Gasteiger partial charge in [0.15, 0.2) is 5.13 Å². The van der Waals surface area contributed by atoms with Gasteiger partial charge in [-0.25, -0.2) is 4.98 Å². The second-order valence-electron chi connectivity index (χ2n) is 5.62. The summed E-state index contributed by atoms with van der Waals surface area (Å²) in [5.74, 6) is -0.746. The molecule has 0 saturated carbocycles. The number of fused-ring (bicyclic) bond motifs is 1. The number of carbonyl (C=O) groups excluding carboxylic acids is 3. The Bertz CT molecular complexity index is 774. The smallest absolute Gasteiger partial charge is 0.261 e. The normalized spacial score (nSPS) is 13.3. The summed E-state index contributed by atoms with van der Waals surface area (Å²) in [5.41, 5.74) is 1.77. The maximum Gasteiger partial charge on any atom is 0.261 e. The van der Waals surface area contributed by atoms with Crippen molar-refractivity contribution in [3.05, 3.63) is 46.0 Å². The molecule has 0 spiro atoms. The largest absolute Gasteiger partial charge is 0.302 e. The van der Waals surface area contributed by atoms with Crippen LogP contribution in [0.4, 0.5) is 5.13 Å². The lowest BCUT2D eigenvalue weighted by Gasteiger charge is -2.13. The van der Waals surface area contributed by atoms with Crippen LogP contribution in [0.25, 0.3) is 0 Å². The van der Waals surface area contributed by atoms with E-state index in [1.54, 1.807) is 24.3 Å². The SMILES string of the molecule is Cc1nc(NC(=O)CCCN2C(=O)c3ccccc3C2=O)sc1C. The van der Waals surface area contributed by atoms with Crippen molar-refractivity contribution in [3.8, 4) is 0 Å². The van der Waals surface area contributed by atoms with Gasteiger partial charge in [-0.05, 0) is 32.4 Å². The highest BCUT2D eigenvalue weighted by atomic mass is 32.1. The Labute approximate surface area is 143 Å². The van der Waals surface area contributed by atoms with E-state index in [1.807, 2.05) is 13.8 Å². The van der Waals surface area contributed by atoms with Gasteiger partial charge in [0, 0.05) is 17.8 Å². The molecule has 0 aliphatic carbocycles. The molecule has 1 aliphatic rings. The minimum atomic E-state index is -0.290.